The first-order valence-corrected chi connectivity index (χ1v) is 8.75. The van der Waals surface area contributed by atoms with Crippen LogP contribution >= 0.6 is 0 Å². The van der Waals surface area contributed by atoms with Gasteiger partial charge in [0.25, 0.3) is 5.91 Å². The number of ether oxygens (including phenoxy) is 1. The van der Waals surface area contributed by atoms with Crippen molar-refractivity contribution in [2.75, 3.05) is 11.4 Å². The van der Waals surface area contributed by atoms with Gasteiger partial charge in [-0.1, -0.05) is 42.5 Å². The number of fused-ring (bicyclic) bond motifs is 1. The Labute approximate surface area is 151 Å². The lowest BCUT2D eigenvalue weighted by molar-refractivity contribution is -0.122. The first-order chi connectivity index (χ1) is 12.6. The van der Waals surface area contributed by atoms with Crippen LogP contribution in [-0.4, -0.2) is 29.7 Å². The van der Waals surface area contributed by atoms with E-state index in [9.17, 15) is 14.7 Å². The molecular weight excluding hydrogens is 332 g/mol. The van der Waals surface area contributed by atoms with Crippen molar-refractivity contribution in [1.82, 2.24) is 5.32 Å². The molecule has 6 nitrogen and oxygen atoms in total. The van der Waals surface area contributed by atoms with Crippen molar-refractivity contribution in [1.29, 1.82) is 0 Å². The van der Waals surface area contributed by atoms with Crippen molar-refractivity contribution in [3.05, 3.63) is 60.2 Å². The number of hydrogen-bond donors (Lipinski definition) is 2. The van der Waals surface area contributed by atoms with Crippen molar-refractivity contribution in [2.45, 2.75) is 25.0 Å². The predicted molar refractivity (Wildman–Crippen MR) is 96.3 cm³/mol. The van der Waals surface area contributed by atoms with Crippen molar-refractivity contribution in [3.8, 4) is 5.75 Å². The number of carbonyl (C=O) groups is 2. The molecule has 1 aliphatic heterocycles. The lowest BCUT2D eigenvalue weighted by Crippen LogP contribution is -2.51. The largest absolute Gasteiger partial charge is 0.481 e. The highest BCUT2D eigenvalue weighted by molar-refractivity contribution is 6.01. The molecule has 0 spiro atoms. The lowest BCUT2D eigenvalue weighted by atomic mass is 10.0. The van der Waals surface area contributed by atoms with Gasteiger partial charge < -0.3 is 20.1 Å². The van der Waals surface area contributed by atoms with Gasteiger partial charge in [0.1, 0.15) is 5.75 Å². The average Bonchev–Trinajstić information content (AvgIpc) is 3.47. The van der Waals surface area contributed by atoms with E-state index in [2.05, 4.69) is 5.32 Å². The molecule has 2 aromatic rings. The van der Waals surface area contributed by atoms with Crippen LogP contribution in [0.2, 0.25) is 0 Å². The summed E-state index contributed by atoms with van der Waals surface area (Å²) in [4.78, 5) is 26.4. The summed E-state index contributed by atoms with van der Waals surface area (Å²) >= 11 is 0. The Hall–Kier alpha value is -3.02. The van der Waals surface area contributed by atoms with Gasteiger partial charge >= 0.3 is 6.09 Å². The highest BCUT2D eigenvalue weighted by atomic mass is 16.5. The second kappa shape index (κ2) is 6.71. The molecule has 1 aliphatic carbocycles. The summed E-state index contributed by atoms with van der Waals surface area (Å²) in [6.45, 7) is 0.582. The molecule has 2 amide bonds. The molecule has 1 saturated carbocycles. The number of nitrogens with one attached hydrogen (secondary N) is 1. The fourth-order valence-electron chi connectivity index (χ4n) is 3.32. The van der Waals surface area contributed by atoms with Gasteiger partial charge in [0.2, 0.25) is 0 Å². The average molecular weight is 352 g/mol. The van der Waals surface area contributed by atoms with Crippen LogP contribution in [-0.2, 0) is 4.79 Å². The highest BCUT2D eigenvalue weighted by Gasteiger charge is 2.41. The van der Waals surface area contributed by atoms with E-state index in [0.717, 1.165) is 18.4 Å². The van der Waals surface area contributed by atoms with Crippen LogP contribution in [0.15, 0.2) is 54.6 Å². The second-order valence-corrected chi connectivity index (χ2v) is 6.74. The number of hydrogen-bond acceptors (Lipinski definition) is 3. The maximum Gasteiger partial charge on any atom is 0.405 e. The molecule has 2 aliphatic rings. The van der Waals surface area contributed by atoms with Gasteiger partial charge in [-0.25, -0.2) is 4.79 Å². The zero-order chi connectivity index (χ0) is 18.1. The van der Waals surface area contributed by atoms with Gasteiger partial charge in [-0.15, -0.1) is 0 Å². The quantitative estimate of drug-likeness (QED) is 0.886. The predicted octanol–water partition coefficient (Wildman–Crippen LogP) is 3.20. The van der Waals surface area contributed by atoms with Crippen LogP contribution in [0.1, 0.15) is 24.5 Å². The summed E-state index contributed by atoms with van der Waals surface area (Å²) in [5.41, 5.74) is 1.45. The Morgan fingerprint density at radius 2 is 1.81 bits per heavy atom. The summed E-state index contributed by atoms with van der Waals surface area (Å²) in [6.07, 6.45) is 0.202. The summed E-state index contributed by atoms with van der Waals surface area (Å²) in [5.74, 6) is 0.772. The maximum atomic E-state index is 13.3. The van der Waals surface area contributed by atoms with E-state index in [-0.39, 0.29) is 5.91 Å². The molecule has 1 heterocycles. The van der Waals surface area contributed by atoms with E-state index in [1.54, 1.807) is 4.90 Å². The molecule has 0 saturated heterocycles. The highest BCUT2D eigenvalue weighted by Crippen LogP contribution is 2.40. The van der Waals surface area contributed by atoms with E-state index < -0.39 is 18.2 Å². The van der Waals surface area contributed by atoms with Gasteiger partial charge in [0, 0.05) is 6.54 Å². The molecule has 0 bridgehead atoms. The topological polar surface area (TPSA) is 78.9 Å². The molecule has 2 aromatic carbocycles. The molecule has 0 unspecified atom stereocenters. The standard InChI is InChI=1S/C20H20N2O4/c23-19-17(21-20(24)25)18(14-6-2-1-3-7-14)26-16-9-5-4-8-15(16)22(19)12-13-10-11-13/h1-9,13,17-18,21H,10-12H2,(H,24,25)/t17-,18-/m0/s1. The number of para-hydroxylation sites is 2. The molecule has 26 heavy (non-hydrogen) atoms. The van der Waals surface area contributed by atoms with Gasteiger partial charge in [0.15, 0.2) is 12.1 Å². The number of rotatable bonds is 4. The molecule has 2 N–H and O–H groups in total. The third-order valence-electron chi connectivity index (χ3n) is 4.79. The van der Waals surface area contributed by atoms with Gasteiger partial charge in [0.05, 0.1) is 5.69 Å². The van der Waals surface area contributed by atoms with Crippen molar-refractivity contribution in [2.24, 2.45) is 5.92 Å². The zero-order valence-corrected chi connectivity index (χ0v) is 14.2. The van der Waals surface area contributed by atoms with Crippen LogP contribution in [0.25, 0.3) is 0 Å². The Bertz CT molecular complexity index is 820. The monoisotopic (exact) mass is 352 g/mol. The number of amides is 2. The van der Waals surface area contributed by atoms with E-state index in [0.29, 0.717) is 23.9 Å². The fourth-order valence-corrected chi connectivity index (χ4v) is 3.32. The Balaban J connectivity index is 1.79. The van der Waals surface area contributed by atoms with Gasteiger partial charge in [-0.3, -0.25) is 4.79 Å². The minimum Gasteiger partial charge on any atom is -0.481 e. The Morgan fingerprint density at radius 3 is 2.50 bits per heavy atom. The maximum absolute atomic E-state index is 13.3. The number of carbonyl (C=O) groups excluding carboxylic acids is 1. The normalized spacial score (nSPS) is 22.2. The number of benzene rings is 2. The van der Waals surface area contributed by atoms with E-state index in [1.807, 2.05) is 54.6 Å². The number of carboxylic acid groups (broad SMARTS) is 1. The molecule has 6 heteroatoms. The van der Waals surface area contributed by atoms with Crippen LogP contribution in [0.5, 0.6) is 5.75 Å². The molecule has 1 fully saturated rings. The Kier molecular flexibility index (Phi) is 4.24. The van der Waals surface area contributed by atoms with Crippen LogP contribution in [0.3, 0.4) is 0 Å². The number of anilines is 1. The summed E-state index contributed by atoms with van der Waals surface area (Å²) in [6, 6.07) is 15.6. The van der Waals surface area contributed by atoms with Gasteiger partial charge in [-0.05, 0) is 36.5 Å². The van der Waals surface area contributed by atoms with Crippen LogP contribution in [0.4, 0.5) is 10.5 Å². The van der Waals surface area contributed by atoms with Gasteiger partial charge in [-0.2, -0.15) is 0 Å². The van der Waals surface area contributed by atoms with Crippen molar-refractivity contribution >= 4 is 17.7 Å². The summed E-state index contributed by atoms with van der Waals surface area (Å²) in [7, 11) is 0. The van der Waals surface area contributed by atoms with Crippen LogP contribution < -0.4 is 15.0 Å². The van der Waals surface area contributed by atoms with Crippen molar-refractivity contribution in [3.63, 3.8) is 0 Å². The number of nitrogens with zero attached hydrogens (tertiary/aromatic N) is 1. The third-order valence-corrected chi connectivity index (χ3v) is 4.79. The smallest absolute Gasteiger partial charge is 0.405 e. The molecule has 0 radical (unpaired) electrons. The molecule has 0 aromatic heterocycles. The summed E-state index contributed by atoms with van der Waals surface area (Å²) < 4.78 is 6.17. The summed E-state index contributed by atoms with van der Waals surface area (Å²) in [5, 5.41) is 11.7. The first kappa shape index (κ1) is 16.4. The fraction of sp³-hybridized carbons (Fsp3) is 0.300. The van der Waals surface area contributed by atoms with E-state index in [4.69, 9.17) is 4.74 Å². The minimum absolute atomic E-state index is 0.280. The lowest BCUT2D eigenvalue weighted by Gasteiger charge is -2.27. The van der Waals surface area contributed by atoms with E-state index in [1.165, 1.54) is 0 Å². The van der Waals surface area contributed by atoms with E-state index >= 15 is 0 Å². The third kappa shape index (κ3) is 3.22. The minimum atomic E-state index is -1.25. The Morgan fingerprint density at radius 1 is 1.12 bits per heavy atom. The second-order valence-electron chi connectivity index (χ2n) is 6.74. The molecule has 4 rings (SSSR count). The molecule has 2 atom stereocenters. The first-order valence-electron chi connectivity index (χ1n) is 8.75. The molecular formula is C20H20N2O4. The van der Waals surface area contributed by atoms with Crippen LogP contribution in [0, 0.1) is 5.92 Å². The van der Waals surface area contributed by atoms with Crippen molar-refractivity contribution < 1.29 is 19.4 Å². The SMILES string of the molecule is O=C(O)N[C@@H]1C(=O)N(CC2CC2)c2ccccc2O[C@H]1c1ccccc1. The zero-order valence-electron chi connectivity index (χ0n) is 14.2. The molecule has 134 valence electrons.